The number of ether oxygens (including phenoxy) is 1. The first-order valence-electron chi connectivity index (χ1n) is 7.81. The summed E-state index contributed by atoms with van der Waals surface area (Å²) in [5, 5.41) is 5.24. The number of hydrogen-bond acceptors (Lipinski definition) is 3. The van der Waals surface area contributed by atoms with E-state index in [-0.39, 0.29) is 0 Å². The summed E-state index contributed by atoms with van der Waals surface area (Å²) in [5.74, 6) is -0.831. The van der Waals surface area contributed by atoms with Gasteiger partial charge in [0.05, 0.1) is 0 Å². The molecule has 2 N–H and O–H groups in total. The van der Waals surface area contributed by atoms with Crippen LogP contribution < -0.4 is 10.6 Å². The summed E-state index contributed by atoms with van der Waals surface area (Å²) in [6, 6.07) is 10.6. The van der Waals surface area contributed by atoms with Gasteiger partial charge < -0.3 is 10.1 Å². The smallest absolute Gasteiger partial charge is 0.412 e. The Balaban J connectivity index is 2.11. The Morgan fingerprint density at radius 1 is 1.04 bits per heavy atom. The number of halogens is 1. The number of carbonyl (C=O) groups is 2. The first-order chi connectivity index (χ1) is 11.6. The second-order valence-electron chi connectivity index (χ2n) is 6.62. The van der Waals surface area contributed by atoms with E-state index in [9.17, 15) is 14.0 Å². The molecule has 2 aromatic rings. The summed E-state index contributed by atoms with van der Waals surface area (Å²) in [6.45, 7) is 7.06. The van der Waals surface area contributed by atoms with Crippen LogP contribution in [0.4, 0.5) is 20.6 Å². The molecule has 2 amide bonds. The number of anilines is 2. The lowest BCUT2D eigenvalue weighted by molar-refractivity contribution is 0.0635. The maximum Gasteiger partial charge on any atom is 0.412 e. The molecule has 2 rings (SSSR count). The van der Waals surface area contributed by atoms with Crippen molar-refractivity contribution < 1.29 is 18.7 Å². The van der Waals surface area contributed by atoms with Gasteiger partial charge in [0, 0.05) is 16.9 Å². The molecule has 6 heteroatoms. The molecule has 0 atom stereocenters. The third-order valence-electron chi connectivity index (χ3n) is 3.22. The lowest BCUT2D eigenvalue weighted by Crippen LogP contribution is -2.27. The summed E-state index contributed by atoms with van der Waals surface area (Å²) in [5.41, 5.74) is 1.29. The maximum atomic E-state index is 13.3. The van der Waals surface area contributed by atoms with Gasteiger partial charge in [-0.05, 0) is 63.6 Å². The molecule has 0 aromatic heterocycles. The van der Waals surface area contributed by atoms with Crippen LogP contribution in [0.25, 0.3) is 0 Å². The Morgan fingerprint density at radius 2 is 1.76 bits per heavy atom. The first-order valence-corrected chi connectivity index (χ1v) is 7.81. The highest BCUT2D eigenvalue weighted by Crippen LogP contribution is 2.19. The van der Waals surface area contributed by atoms with Crippen LogP contribution in [-0.2, 0) is 4.74 Å². The molecule has 5 nitrogen and oxygen atoms in total. The molecule has 0 spiro atoms. The van der Waals surface area contributed by atoms with Crippen molar-refractivity contribution in [3.63, 3.8) is 0 Å². The van der Waals surface area contributed by atoms with E-state index in [0.29, 0.717) is 16.9 Å². The number of nitrogens with one attached hydrogen (secondary N) is 2. The Labute approximate surface area is 146 Å². The van der Waals surface area contributed by atoms with Gasteiger partial charge in [-0.1, -0.05) is 12.1 Å². The molecule has 0 saturated carbocycles. The molecule has 132 valence electrons. The highest BCUT2D eigenvalue weighted by molar-refractivity contribution is 6.05. The number of hydrogen-bond donors (Lipinski definition) is 2. The maximum absolute atomic E-state index is 13.3. The topological polar surface area (TPSA) is 67.4 Å². The minimum Gasteiger partial charge on any atom is -0.444 e. The van der Waals surface area contributed by atoms with Gasteiger partial charge >= 0.3 is 6.09 Å². The van der Waals surface area contributed by atoms with Crippen LogP contribution in [0.5, 0.6) is 0 Å². The summed E-state index contributed by atoms with van der Waals surface area (Å²) in [6.07, 6.45) is -0.606. The second-order valence-corrected chi connectivity index (χ2v) is 6.62. The summed E-state index contributed by atoms with van der Waals surface area (Å²) >= 11 is 0. The van der Waals surface area contributed by atoms with E-state index in [1.807, 2.05) is 0 Å². The van der Waals surface area contributed by atoms with Crippen LogP contribution in [0.15, 0.2) is 42.5 Å². The van der Waals surface area contributed by atoms with Crippen molar-refractivity contribution in [1.29, 1.82) is 0 Å². The lowest BCUT2D eigenvalue weighted by Gasteiger charge is -2.19. The van der Waals surface area contributed by atoms with Crippen LogP contribution in [0.2, 0.25) is 0 Å². The fraction of sp³-hybridized carbons (Fsp3) is 0.263. The zero-order valence-corrected chi connectivity index (χ0v) is 14.6. The second kappa shape index (κ2) is 7.34. The van der Waals surface area contributed by atoms with Gasteiger partial charge in [0.15, 0.2) is 0 Å². The third kappa shape index (κ3) is 5.60. The molecule has 2 aromatic carbocycles. The molecule has 0 unspecified atom stereocenters. The summed E-state index contributed by atoms with van der Waals surface area (Å²) < 4.78 is 18.5. The molecule has 0 heterocycles. The van der Waals surface area contributed by atoms with Gasteiger partial charge in [0.25, 0.3) is 5.91 Å². The van der Waals surface area contributed by atoms with Crippen molar-refractivity contribution >= 4 is 23.4 Å². The molecule has 0 radical (unpaired) electrons. The molecule has 0 bridgehead atoms. The van der Waals surface area contributed by atoms with Crippen molar-refractivity contribution in [3.05, 3.63) is 59.4 Å². The highest BCUT2D eigenvalue weighted by atomic mass is 19.1. The minimum absolute atomic E-state index is 0.331. The van der Waals surface area contributed by atoms with Gasteiger partial charge in [-0.3, -0.25) is 10.1 Å². The average molecular weight is 344 g/mol. The van der Waals surface area contributed by atoms with Crippen LogP contribution in [0.1, 0.15) is 36.7 Å². The average Bonchev–Trinajstić information content (AvgIpc) is 2.49. The number of rotatable bonds is 3. The lowest BCUT2D eigenvalue weighted by atomic mass is 10.1. The summed E-state index contributed by atoms with van der Waals surface area (Å²) in [4.78, 5) is 24.2. The van der Waals surface area contributed by atoms with E-state index >= 15 is 0 Å². The van der Waals surface area contributed by atoms with E-state index < -0.39 is 23.4 Å². The Morgan fingerprint density at radius 3 is 2.44 bits per heavy atom. The fourth-order valence-corrected chi connectivity index (χ4v) is 2.08. The largest absolute Gasteiger partial charge is 0.444 e. The molecule has 0 aliphatic rings. The molecule has 0 aliphatic heterocycles. The van der Waals surface area contributed by atoms with Crippen molar-refractivity contribution in [2.75, 3.05) is 10.6 Å². The molecular weight excluding hydrogens is 323 g/mol. The van der Waals surface area contributed by atoms with Gasteiger partial charge in [0.2, 0.25) is 0 Å². The first kappa shape index (κ1) is 18.4. The number of carbonyl (C=O) groups excluding carboxylic acids is 2. The van der Waals surface area contributed by atoms with Gasteiger partial charge in [-0.15, -0.1) is 0 Å². The fourth-order valence-electron chi connectivity index (χ4n) is 2.08. The molecular formula is C19H21FN2O3. The molecule has 0 fully saturated rings. The van der Waals surface area contributed by atoms with Crippen molar-refractivity contribution in [1.82, 2.24) is 0 Å². The van der Waals surface area contributed by atoms with E-state index in [4.69, 9.17) is 4.74 Å². The van der Waals surface area contributed by atoms with Crippen molar-refractivity contribution in [2.45, 2.75) is 33.3 Å². The van der Waals surface area contributed by atoms with E-state index in [1.54, 1.807) is 52.0 Å². The number of benzene rings is 2. The molecule has 0 saturated heterocycles. The van der Waals surface area contributed by atoms with Crippen molar-refractivity contribution in [3.8, 4) is 0 Å². The van der Waals surface area contributed by atoms with Crippen LogP contribution in [0, 0.1) is 12.7 Å². The minimum atomic E-state index is -0.617. The SMILES string of the molecule is Cc1ccc(F)cc1NC(=O)c1cccc(NC(=O)OC(C)(C)C)c1. The van der Waals surface area contributed by atoms with Gasteiger partial charge in [0.1, 0.15) is 11.4 Å². The standard InChI is InChI=1S/C19H21FN2O3/c1-12-8-9-14(20)11-16(12)22-17(23)13-6-5-7-15(10-13)21-18(24)25-19(2,3)4/h5-11H,1-4H3,(H,21,24)(H,22,23). The Kier molecular flexibility index (Phi) is 5.41. The quantitative estimate of drug-likeness (QED) is 0.845. The molecule has 0 aliphatic carbocycles. The number of amides is 2. The summed E-state index contributed by atoms with van der Waals surface area (Å²) in [7, 11) is 0. The monoisotopic (exact) mass is 344 g/mol. The van der Waals surface area contributed by atoms with Gasteiger partial charge in [-0.25, -0.2) is 9.18 Å². The van der Waals surface area contributed by atoms with Crippen molar-refractivity contribution in [2.24, 2.45) is 0 Å². The van der Waals surface area contributed by atoms with E-state index in [0.717, 1.165) is 5.56 Å². The van der Waals surface area contributed by atoms with Gasteiger partial charge in [-0.2, -0.15) is 0 Å². The van der Waals surface area contributed by atoms with E-state index in [2.05, 4.69) is 10.6 Å². The van der Waals surface area contributed by atoms with E-state index in [1.165, 1.54) is 18.2 Å². The van der Waals surface area contributed by atoms with Crippen LogP contribution in [-0.4, -0.2) is 17.6 Å². The normalized spacial score (nSPS) is 10.9. The van der Waals surface area contributed by atoms with Crippen LogP contribution >= 0.6 is 0 Å². The Bertz CT molecular complexity index is 797. The third-order valence-corrected chi connectivity index (χ3v) is 3.22. The zero-order chi connectivity index (χ0) is 18.6. The predicted octanol–water partition coefficient (Wildman–Crippen LogP) is 4.73. The zero-order valence-electron chi connectivity index (χ0n) is 14.6. The Hall–Kier alpha value is -2.89. The van der Waals surface area contributed by atoms with Crippen LogP contribution in [0.3, 0.4) is 0 Å². The molecule has 25 heavy (non-hydrogen) atoms. The number of aryl methyl sites for hydroxylation is 1. The highest BCUT2D eigenvalue weighted by Gasteiger charge is 2.16. The predicted molar refractivity (Wildman–Crippen MR) is 95.4 cm³/mol.